The lowest BCUT2D eigenvalue weighted by atomic mass is 9.88. The van der Waals surface area contributed by atoms with Crippen molar-refractivity contribution in [3.8, 4) is 0 Å². The van der Waals surface area contributed by atoms with Gasteiger partial charge >= 0.3 is 0 Å². The van der Waals surface area contributed by atoms with E-state index in [9.17, 15) is 10.2 Å². The van der Waals surface area contributed by atoms with E-state index < -0.39 is 0 Å². The van der Waals surface area contributed by atoms with Crippen molar-refractivity contribution in [3.63, 3.8) is 0 Å². The van der Waals surface area contributed by atoms with Crippen LogP contribution in [0.5, 0.6) is 0 Å². The van der Waals surface area contributed by atoms with E-state index in [1.165, 1.54) is 0 Å². The van der Waals surface area contributed by atoms with Gasteiger partial charge in [0.25, 0.3) is 0 Å². The minimum Gasteiger partial charge on any atom is -0.396 e. The number of aliphatic hydroxyl groups excluding tert-OH is 2. The first-order valence-electron chi connectivity index (χ1n) is 9.43. The van der Waals surface area contributed by atoms with E-state index >= 15 is 0 Å². The fourth-order valence-corrected chi connectivity index (χ4v) is 3.16. The molecule has 3 nitrogen and oxygen atoms in total. The molecule has 1 aliphatic carbocycles. The van der Waals surface area contributed by atoms with Gasteiger partial charge in [-0.3, -0.25) is 0 Å². The molecular weight excluding hydrogens is 312 g/mol. The molecule has 3 heteroatoms. The summed E-state index contributed by atoms with van der Waals surface area (Å²) in [4.78, 5) is 0. The topological polar surface area (TPSA) is 49.7 Å². The van der Waals surface area contributed by atoms with Crippen molar-refractivity contribution in [2.75, 3.05) is 6.61 Å². The van der Waals surface area contributed by atoms with Gasteiger partial charge in [0.2, 0.25) is 0 Å². The first-order valence-corrected chi connectivity index (χ1v) is 9.43. The Morgan fingerprint density at radius 3 is 2.60 bits per heavy atom. The third kappa shape index (κ3) is 6.77. The van der Waals surface area contributed by atoms with E-state index in [0.29, 0.717) is 6.61 Å². The Hall–Kier alpha value is -1.42. The van der Waals surface area contributed by atoms with Crippen LogP contribution in [0.2, 0.25) is 0 Å². The summed E-state index contributed by atoms with van der Waals surface area (Å²) in [6.07, 6.45) is 9.99. The molecule has 1 fully saturated rings. The lowest BCUT2D eigenvalue weighted by molar-refractivity contribution is 0.0488. The smallest absolute Gasteiger partial charge is 0.0820 e. The summed E-state index contributed by atoms with van der Waals surface area (Å²) in [6, 6.07) is 10.2. The number of rotatable bonds is 8. The zero-order valence-electron chi connectivity index (χ0n) is 15.5. The normalized spacial score (nSPS) is 23.7. The highest BCUT2D eigenvalue weighted by atomic mass is 16.5. The van der Waals surface area contributed by atoms with Crippen LogP contribution in [0.25, 0.3) is 0 Å². The standard InChI is InChI=1S/C22H32O3/c1-17(15-23)12-13-22(25-16-19-8-4-3-5-9-19)18(2)14-20-10-6-7-11-21(20)24/h3-5,8-9,12-14,17-18,21-24H,6-7,10-11,15-16H2,1-2H3/b13-12?,20-14-/t17-,18+,21+,22-/m0/s1. The molecule has 1 saturated carbocycles. The monoisotopic (exact) mass is 344 g/mol. The van der Waals surface area contributed by atoms with Crippen LogP contribution in [0.1, 0.15) is 45.1 Å². The van der Waals surface area contributed by atoms with Crippen LogP contribution >= 0.6 is 0 Å². The van der Waals surface area contributed by atoms with Gasteiger partial charge in [0.05, 0.1) is 18.8 Å². The Labute approximate surface area is 152 Å². The fraction of sp³-hybridized carbons (Fsp3) is 0.545. The number of hydrogen-bond donors (Lipinski definition) is 2. The van der Waals surface area contributed by atoms with E-state index in [1.54, 1.807) is 0 Å². The van der Waals surface area contributed by atoms with Gasteiger partial charge in [0, 0.05) is 12.5 Å². The lowest BCUT2D eigenvalue weighted by Gasteiger charge is -2.25. The molecule has 0 aliphatic heterocycles. The van der Waals surface area contributed by atoms with Gasteiger partial charge in [-0.2, -0.15) is 0 Å². The van der Waals surface area contributed by atoms with Gasteiger partial charge in [0.1, 0.15) is 0 Å². The van der Waals surface area contributed by atoms with Crippen LogP contribution < -0.4 is 0 Å². The van der Waals surface area contributed by atoms with Gasteiger partial charge in [-0.05, 0) is 36.3 Å². The first-order chi connectivity index (χ1) is 12.1. The molecule has 0 unspecified atom stereocenters. The summed E-state index contributed by atoms with van der Waals surface area (Å²) in [5.41, 5.74) is 2.30. The zero-order valence-corrected chi connectivity index (χ0v) is 15.5. The molecule has 1 aromatic rings. The number of ether oxygens (including phenoxy) is 1. The van der Waals surface area contributed by atoms with E-state index in [4.69, 9.17) is 4.74 Å². The molecule has 0 aromatic heterocycles. The van der Waals surface area contributed by atoms with Crippen LogP contribution in [0.4, 0.5) is 0 Å². The number of hydrogen-bond acceptors (Lipinski definition) is 3. The quantitative estimate of drug-likeness (QED) is 0.693. The van der Waals surface area contributed by atoms with E-state index in [1.807, 2.05) is 31.2 Å². The highest BCUT2D eigenvalue weighted by Gasteiger charge is 2.20. The Balaban J connectivity index is 2.06. The van der Waals surface area contributed by atoms with E-state index in [0.717, 1.165) is 36.8 Å². The third-order valence-electron chi connectivity index (χ3n) is 4.82. The molecule has 0 radical (unpaired) electrons. The summed E-state index contributed by atoms with van der Waals surface area (Å²) in [6.45, 7) is 4.81. The highest BCUT2D eigenvalue weighted by Crippen LogP contribution is 2.26. The third-order valence-corrected chi connectivity index (χ3v) is 4.82. The van der Waals surface area contributed by atoms with Crippen molar-refractivity contribution >= 4 is 0 Å². The molecule has 0 spiro atoms. The highest BCUT2D eigenvalue weighted by molar-refractivity contribution is 5.15. The summed E-state index contributed by atoms with van der Waals surface area (Å²) >= 11 is 0. The first kappa shape index (κ1) is 19.9. The van der Waals surface area contributed by atoms with Crippen LogP contribution in [-0.2, 0) is 11.3 Å². The number of benzene rings is 1. The Morgan fingerprint density at radius 1 is 1.16 bits per heavy atom. The Kier molecular flexibility index (Phi) is 8.39. The summed E-state index contributed by atoms with van der Waals surface area (Å²) in [5, 5.41) is 19.5. The summed E-state index contributed by atoms with van der Waals surface area (Å²) < 4.78 is 6.17. The average molecular weight is 344 g/mol. The average Bonchev–Trinajstić information content (AvgIpc) is 2.64. The molecule has 0 heterocycles. The van der Waals surface area contributed by atoms with Crippen LogP contribution in [0.15, 0.2) is 54.1 Å². The molecule has 4 atom stereocenters. The van der Waals surface area contributed by atoms with E-state index in [-0.39, 0.29) is 30.7 Å². The molecule has 1 aliphatic rings. The zero-order chi connectivity index (χ0) is 18.1. The minimum absolute atomic E-state index is 0.0733. The molecule has 0 saturated heterocycles. The second-order valence-corrected chi connectivity index (χ2v) is 7.17. The van der Waals surface area contributed by atoms with Crippen molar-refractivity contribution in [2.24, 2.45) is 11.8 Å². The molecule has 0 bridgehead atoms. The predicted octanol–water partition coefficient (Wildman–Crippen LogP) is 4.25. The maximum absolute atomic E-state index is 10.2. The van der Waals surface area contributed by atoms with Gasteiger partial charge in [-0.1, -0.05) is 68.8 Å². The minimum atomic E-state index is -0.300. The van der Waals surface area contributed by atoms with Crippen LogP contribution in [-0.4, -0.2) is 29.0 Å². The summed E-state index contributed by atoms with van der Waals surface area (Å²) in [5.74, 6) is 0.288. The van der Waals surface area contributed by atoms with Gasteiger partial charge in [-0.15, -0.1) is 0 Å². The molecular formula is C22H32O3. The largest absolute Gasteiger partial charge is 0.396 e. The van der Waals surface area contributed by atoms with Gasteiger partial charge in [0.15, 0.2) is 0 Å². The molecule has 2 rings (SSSR count). The molecule has 0 amide bonds. The molecule has 1 aromatic carbocycles. The second kappa shape index (κ2) is 10.5. The Bertz CT molecular complexity index is 550. The molecule has 138 valence electrons. The second-order valence-electron chi connectivity index (χ2n) is 7.17. The maximum atomic E-state index is 10.2. The van der Waals surface area contributed by atoms with Crippen molar-refractivity contribution in [2.45, 2.75) is 58.3 Å². The SMILES string of the molecule is C[C@H](/C=C1/CCCC[C@H]1O)[C@H](C=C[C@H](C)CO)OCc1ccccc1. The lowest BCUT2D eigenvalue weighted by Crippen LogP contribution is -2.22. The molecule has 25 heavy (non-hydrogen) atoms. The predicted molar refractivity (Wildman–Crippen MR) is 102 cm³/mol. The van der Waals surface area contributed by atoms with Crippen molar-refractivity contribution in [1.82, 2.24) is 0 Å². The van der Waals surface area contributed by atoms with Crippen LogP contribution in [0.3, 0.4) is 0 Å². The summed E-state index contributed by atoms with van der Waals surface area (Å²) in [7, 11) is 0. The van der Waals surface area contributed by atoms with Crippen molar-refractivity contribution in [1.29, 1.82) is 0 Å². The van der Waals surface area contributed by atoms with Crippen molar-refractivity contribution in [3.05, 3.63) is 59.7 Å². The maximum Gasteiger partial charge on any atom is 0.0820 e. The van der Waals surface area contributed by atoms with Crippen LogP contribution in [0, 0.1) is 11.8 Å². The van der Waals surface area contributed by atoms with Gasteiger partial charge in [-0.25, -0.2) is 0 Å². The van der Waals surface area contributed by atoms with Crippen molar-refractivity contribution < 1.29 is 14.9 Å². The Morgan fingerprint density at radius 2 is 1.92 bits per heavy atom. The fourth-order valence-electron chi connectivity index (χ4n) is 3.16. The van der Waals surface area contributed by atoms with Gasteiger partial charge < -0.3 is 14.9 Å². The van der Waals surface area contributed by atoms with E-state index in [2.05, 4.69) is 31.2 Å². The number of aliphatic hydroxyl groups is 2. The molecule has 2 N–H and O–H groups in total.